The summed E-state index contributed by atoms with van der Waals surface area (Å²) in [6.45, 7) is 2.65. The van der Waals surface area contributed by atoms with Crippen LogP contribution in [0.2, 0.25) is 5.02 Å². The number of anilines is 1. The van der Waals surface area contributed by atoms with Crippen molar-refractivity contribution >= 4 is 17.4 Å². The fraction of sp³-hybridized carbons (Fsp3) is 0.625. The maximum Gasteiger partial charge on any atom is 0.141 e. The SMILES string of the molecule is CCC(COC)n1ncc(Cl)c1N. The first kappa shape index (κ1) is 10.3. The molecule has 0 radical (unpaired) electrons. The molecule has 74 valence electrons. The van der Waals surface area contributed by atoms with Crippen molar-refractivity contribution in [3.05, 3.63) is 11.2 Å². The Morgan fingerprint density at radius 1 is 1.77 bits per heavy atom. The fourth-order valence-corrected chi connectivity index (χ4v) is 1.33. The van der Waals surface area contributed by atoms with Crippen molar-refractivity contribution in [1.29, 1.82) is 0 Å². The molecule has 0 aliphatic heterocycles. The highest BCUT2D eigenvalue weighted by Gasteiger charge is 2.13. The van der Waals surface area contributed by atoms with E-state index in [2.05, 4.69) is 12.0 Å². The molecule has 0 aliphatic carbocycles. The number of nitrogens with zero attached hydrogens (tertiary/aromatic N) is 2. The van der Waals surface area contributed by atoms with Crippen LogP contribution >= 0.6 is 11.6 Å². The number of aromatic nitrogens is 2. The molecule has 0 amide bonds. The van der Waals surface area contributed by atoms with E-state index in [-0.39, 0.29) is 6.04 Å². The molecule has 2 N–H and O–H groups in total. The molecule has 1 unspecified atom stereocenters. The summed E-state index contributed by atoms with van der Waals surface area (Å²) in [6.07, 6.45) is 2.46. The molecule has 4 nitrogen and oxygen atoms in total. The molecule has 1 aromatic rings. The Hall–Kier alpha value is -0.740. The zero-order valence-corrected chi connectivity index (χ0v) is 8.58. The zero-order chi connectivity index (χ0) is 9.84. The van der Waals surface area contributed by atoms with Gasteiger partial charge in [0.15, 0.2) is 0 Å². The molecular weight excluding hydrogens is 190 g/mol. The first-order chi connectivity index (χ1) is 6.20. The third-order valence-electron chi connectivity index (χ3n) is 1.96. The maximum absolute atomic E-state index is 5.78. The summed E-state index contributed by atoms with van der Waals surface area (Å²) in [4.78, 5) is 0. The molecule has 0 bridgehead atoms. The molecule has 0 saturated carbocycles. The lowest BCUT2D eigenvalue weighted by atomic mass is 10.2. The van der Waals surface area contributed by atoms with Crippen molar-refractivity contribution in [2.75, 3.05) is 19.5 Å². The van der Waals surface area contributed by atoms with Gasteiger partial charge >= 0.3 is 0 Å². The average Bonchev–Trinajstić information content (AvgIpc) is 2.45. The molecule has 1 heterocycles. The number of rotatable bonds is 4. The van der Waals surface area contributed by atoms with Crippen LogP contribution in [0.1, 0.15) is 19.4 Å². The van der Waals surface area contributed by atoms with Crippen LogP contribution in [0.4, 0.5) is 5.82 Å². The number of nitrogen functional groups attached to an aromatic ring is 1. The summed E-state index contributed by atoms with van der Waals surface area (Å²) in [5, 5.41) is 4.58. The Bertz CT molecular complexity index is 274. The Morgan fingerprint density at radius 2 is 2.46 bits per heavy atom. The molecule has 0 saturated heterocycles. The van der Waals surface area contributed by atoms with Crippen molar-refractivity contribution < 1.29 is 4.74 Å². The van der Waals surface area contributed by atoms with E-state index >= 15 is 0 Å². The predicted octanol–water partition coefficient (Wildman–Crippen LogP) is 1.72. The van der Waals surface area contributed by atoms with Crippen LogP contribution < -0.4 is 5.73 Å². The number of halogens is 1. The second-order valence-electron chi connectivity index (χ2n) is 2.84. The normalized spacial score (nSPS) is 13.2. The number of methoxy groups -OCH3 is 1. The molecule has 5 heteroatoms. The lowest BCUT2D eigenvalue weighted by Crippen LogP contribution is -2.17. The summed E-state index contributed by atoms with van der Waals surface area (Å²) in [7, 11) is 1.66. The van der Waals surface area contributed by atoms with E-state index in [1.807, 2.05) is 0 Å². The van der Waals surface area contributed by atoms with E-state index < -0.39 is 0 Å². The number of ether oxygens (including phenoxy) is 1. The van der Waals surface area contributed by atoms with Gasteiger partial charge < -0.3 is 10.5 Å². The minimum absolute atomic E-state index is 0.164. The Morgan fingerprint density at radius 3 is 2.85 bits per heavy atom. The van der Waals surface area contributed by atoms with Gasteiger partial charge in [-0.25, -0.2) is 4.68 Å². The van der Waals surface area contributed by atoms with Gasteiger partial charge in [-0.3, -0.25) is 0 Å². The molecule has 1 atom stereocenters. The topological polar surface area (TPSA) is 53.1 Å². The van der Waals surface area contributed by atoms with Crippen molar-refractivity contribution in [2.24, 2.45) is 0 Å². The van der Waals surface area contributed by atoms with E-state index in [1.165, 1.54) is 0 Å². The molecule has 13 heavy (non-hydrogen) atoms. The summed E-state index contributed by atoms with van der Waals surface area (Å²) in [6, 6.07) is 0.164. The minimum atomic E-state index is 0.164. The number of hydrogen-bond acceptors (Lipinski definition) is 3. The van der Waals surface area contributed by atoms with Gasteiger partial charge in [-0.05, 0) is 6.42 Å². The Kier molecular flexibility index (Phi) is 3.57. The molecule has 0 fully saturated rings. The summed E-state index contributed by atoms with van der Waals surface area (Å²) in [5.41, 5.74) is 5.72. The standard InChI is InChI=1S/C8H14ClN3O/c1-3-6(5-13-2)12-8(10)7(9)4-11-12/h4,6H,3,5,10H2,1-2H3. The van der Waals surface area contributed by atoms with Gasteiger partial charge in [0.05, 0.1) is 18.8 Å². The van der Waals surface area contributed by atoms with E-state index in [0.29, 0.717) is 17.4 Å². The summed E-state index contributed by atoms with van der Waals surface area (Å²) >= 11 is 5.78. The van der Waals surface area contributed by atoms with Gasteiger partial charge in [-0.1, -0.05) is 18.5 Å². The van der Waals surface area contributed by atoms with Crippen molar-refractivity contribution in [3.63, 3.8) is 0 Å². The van der Waals surface area contributed by atoms with Gasteiger partial charge in [0.25, 0.3) is 0 Å². The van der Waals surface area contributed by atoms with Crippen molar-refractivity contribution in [1.82, 2.24) is 9.78 Å². The van der Waals surface area contributed by atoms with E-state index in [0.717, 1.165) is 6.42 Å². The van der Waals surface area contributed by atoms with Crippen LogP contribution in [-0.4, -0.2) is 23.5 Å². The van der Waals surface area contributed by atoms with Crippen LogP contribution in [0.15, 0.2) is 6.20 Å². The lowest BCUT2D eigenvalue weighted by molar-refractivity contribution is 0.148. The Balaban J connectivity index is 2.84. The highest BCUT2D eigenvalue weighted by molar-refractivity contribution is 6.32. The average molecular weight is 204 g/mol. The molecule has 1 rings (SSSR count). The molecule has 0 aliphatic rings. The number of nitrogens with two attached hydrogens (primary N) is 1. The molecule has 1 aromatic heterocycles. The van der Waals surface area contributed by atoms with Crippen LogP contribution in [0, 0.1) is 0 Å². The molecule has 0 spiro atoms. The maximum atomic E-state index is 5.78. The quantitative estimate of drug-likeness (QED) is 0.811. The minimum Gasteiger partial charge on any atom is -0.383 e. The fourth-order valence-electron chi connectivity index (χ4n) is 1.20. The highest BCUT2D eigenvalue weighted by atomic mass is 35.5. The highest BCUT2D eigenvalue weighted by Crippen LogP contribution is 2.22. The zero-order valence-electron chi connectivity index (χ0n) is 7.83. The van der Waals surface area contributed by atoms with Crippen LogP contribution in [0.25, 0.3) is 0 Å². The predicted molar refractivity (Wildman–Crippen MR) is 52.9 cm³/mol. The van der Waals surface area contributed by atoms with E-state index in [1.54, 1.807) is 18.0 Å². The van der Waals surface area contributed by atoms with Gasteiger partial charge in [-0.2, -0.15) is 5.10 Å². The van der Waals surface area contributed by atoms with Crippen LogP contribution in [0.3, 0.4) is 0 Å². The van der Waals surface area contributed by atoms with E-state index in [9.17, 15) is 0 Å². The van der Waals surface area contributed by atoms with Crippen molar-refractivity contribution in [3.8, 4) is 0 Å². The van der Waals surface area contributed by atoms with Gasteiger partial charge in [0.1, 0.15) is 10.8 Å². The molecular formula is C8H14ClN3O. The van der Waals surface area contributed by atoms with Crippen molar-refractivity contribution in [2.45, 2.75) is 19.4 Å². The second kappa shape index (κ2) is 4.48. The molecule has 0 aromatic carbocycles. The van der Waals surface area contributed by atoms with Crippen LogP contribution in [0.5, 0.6) is 0 Å². The van der Waals surface area contributed by atoms with E-state index in [4.69, 9.17) is 22.1 Å². The summed E-state index contributed by atoms with van der Waals surface area (Å²) in [5.74, 6) is 0.505. The van der Waals surface area contributed by atoms with Gasteiger partial charge in [0.2, 0.25) is 0 Å². The van der Waals surface area contributed by atoms with Crippen LogP contribution in [-0.2, 0) is 4.74 Å². The monoisotopic (exact) mass is 203 g/mol. The van der Waals surface area contributed by atoms with Gasteiger partial charge in [0, 0.05) is 7.11 Å². The smallest absolute Gasteiger partial charge is 0.141 e. The van der Waals surface area contributed by atoms with Gasteiger partial charge in [-0.15, -0.1) is 0 Å². The Labute approximate surface area is 82.6 Å². The summed E-state index contributed by atoms with van der Waals surface area (Å²) < 4.78 is 6.75. The number of hydrogen-bond donors (Lipinski definition) is 1. The lowest BCUT2D eigenvalue weighted by Gasteiger charge is -2.15. The second-order valence-corrected chi connectivity index (χ2v) is 3.25. The third kappa shape index (κ3) is 2.14. The first-order valence-corrected chi connectivity index (χ1v) is 4.55. The largest absolute Gasteiger partial charge is 0.383 e. The first-order valence-electron chi connectivity index (χ1n) is 4.18. The third-order valence-corrected chi connectivity index (χ3v) is 2.25.